The van der Waals surface area contributed by atoms with Crippen molar-refractivity contribution in [1.82, 2.24) is 19.4 Å². The third-order valence-electron chi connectivity index (χ3n) is 9.52. The predicted molar refractivity (Wildman–Crippen MR) is 220 cm³/mol. The molecule has 14 heteroatoms. The van der Waals surface area contributed by atoms with Crippen molar-refractivity contribution in [3.63, 3.8) is 0 Å². The first kappa shape index (κ1) is 45.0. The second-order valence-electron chi connectivity index (χ2n) is 14.7. The lowest BCUT2D eigenvalue weighted by Gasteiger charge is -2.18. The van der Waals surface area contributed by atoms with Crippen LogP contribution in [0.3, 0.4) is 0 Å². The van der Waals surface area contributed by atoms with Crippen LogP contribution < -0.4 is 4.90 Å². The molecule has 0 aliphatic heterocycles. The van der Waals surface area contributed by atoms with E-state index in [0.29, 0.717) is 29.9 Å². The lowest BCUT2D eigenvalue weighted by Crippen LogP contribution is -2.33. The highest BCUT2D eigenvalue weighted by atomic mass is 32.1. The quantitative estimate of drug-likeness (QED) is 0.0979. The molecule has 0 radical (unpaired) electrons. The zero-order valence-electron chi connectivity index (χ0n) is 34.1. The molecule has 4 aromatic rings. The minimum atomic E-state index is -1.03. The minimum absolute atomic E-state index is 0.0480. The van der Waals surface area contributed by atoms with Gasteiger partial charge < -0.3 is 15.1 Å². The number of aromatic nitrogens is 3. The topological polar surface area (TPSA) is 184 Å². The van der Waals surface area contributed by atoms with Crippen LogP contribution in [0.4, 0.5) is 16.1 Å². The van der Waals surface area contributed by atoms with E-state index in [1.165, 1.54) is 27.4 Å². The fraction of sp³-hybridized carbons (Fsp3) is 0.476. The molecule has 2 unspecified atom stereocenters. The van der Waals surface area contributed by atoms with Gasteiger partial charge in [0.1, 0.15) is 12.1 Å². The Morgan fingerprint density at radius 1 is 0.821 bits per heavy atom. The number of nitriles is 2. The predicted octanol–water partition coefficient (Wildman–Crippen LogP) is 9.38. The van der Waals surface area contributed by atoms with Gasteiger partial charge in [-0.2, -0.15) is 15.5 Å². The van der Waals surface area contributed by atoms with E-state index in [1.54, 1.807) is 4.57 Å². The molecule has 13 nitrogen and oxygen atoms in total. The Morgan fingerprint density at radius 2 is 1.34 bits per heavy atom. The van der Waals surface area contributed by atoms with E-state index >= 15 is 0 Å². The molecule has 4 rings (SSSR count). The average molecular weight is 782 g/mol. The van der Waals surface area contributed by atoms with Gasteiger partial charge in [0, 0.05) is 25.0 Å². The van der Waals surface area contributed by atoms with Crippen LogP contribution in [0.1, 0.15) is 126 Å². The largest absolute Gasteiger partial charge is 0.480 e. The van der Waals surface area contributed by atoms with E-state index in [9.17, 15) is 20.1 Å². The van der Waals surface area contributed by atoms with Gasteiger partial charge in [-0.3, -0.25) is 19.1 Å². The fourth-order valence-electron chi connectivity index (χ4n) is 5.80. The molecule has 0 spiro atoms. The Hall–Kier alpha value is -5.44. The number of carboxylic acid groups (broad SMARTS) is 2. The first-order chi connectivity index (χ1) is 26.6. The van der Waals surface area contributed by atoms with Gasteiger partial charge >= 0.3 is 11.9 Å². The molecule has 298 valence electrons. The van der Waals surface area contributed by atoms with Crippen LogP contribution in [-0.4, -0.2) is 67.8 Å². The highest BCUT2D eigenvalue weighted by Crippen LogP contribution is 2.40. The molecule has 0 amide bonds. The van der Waals surface area contributed by atoms with Crippen molar-refractivity contribution >= 4 is 39.4 Å². The van der Waals surface area contributed by atoms with Gasteiger partial charge in [0.15, 0.2) is 21.5 Å². The number of aliphatic carboxylic acids is 2. The van der Waals surface area contributed by atoms with Crippen LogP contribution in [0, 0.1) is 22.7 Å². The summed E-state index contributed by atoms with van der Waals surface area (Å²) in [5, 5.41) is 47.5. The van der Waals surface area contributed by atoms with E-state index in [0.717, 1.165) is 47.9 Å². The van der Waals surface area contributed by atoms with Crippen LogP contribution in [0.2, 0.25) is 0 Å². The summed E-state index contributed by atoms with van der Waals surface area (Å²) in [5.41, 5.74) is 5.28. The number of carboxylic acids is 2. The van der Waals surface area contributed by atoms with Gasteiger partial charge in [0.2, 0.25) is 0 Å². The monoisotopic (exact) mass is 781 g/mol. The number of nitrogens with zero attached hydrogens (tertiary/aromatic N) is 9. The highest BCUT2D eigenvalue weighted by molar-refractivity contribution is 7.19. The zero-order valence-corrected chi connectivity index (χ0v) is 34.9. The second-order valence-corrected chi connectivity index (χ2v) is 15.7. The summed E-state index contributed by atoms with van der Waals surface area (Å²) in [6.07, 6.45) is 2.13. The van der Waals surface area contributed by atoms with Gasteiger partial charge in [0.05, 0.1) is 25.3 Å². The van der Waals surface area contributed by atoms with Crippen LogP contribution in [0.25, 0.3) is 0 Å². The lowest BCUT2D eigenvalue weighted by molar-refractivity contribution is -0.142. The van der Waals surface area contributed by atoms with E-state index in [1.807, 2.05) is 42.5 Å². The smallest absolute Gasteiger partial charge is 0.317 e. The van der Waals surface area contributed by atoms with Gasteiger partial charge in [0.25, 0.3) is 5.95 Å². The number of imidazole rings is 1. The molecule has 0 saturated heterocycles. The molecule has 2 aromatic carbocycles. The zero-order chi connectivity index (χ0) is 41.6. The summed E-state index contributed by atoms with van der Waals surface area (Å²) >= 11 is 1.49. The summed E-state index contributed by atoms with van der Waals surface area (Å²) in [5.74, 6) is -0.857. The van der Waals surface area contributed by atoms with Gasteiger partial charge in [-0.15, -0.1) is 10.2 Å². The molecule has 2 N–H and O–H groups in total. The summed E-state index contributed by atoms with van der Waals surface area (Å²) in [6.45, 7) is 21.0. The molecule has 56 heavy (non-hydrogen) atoms. The van der Waals surface area contributed by atoms with Crippen molar-refractivity contribution in [1.29, 1.82) is 10.5 Å². The molecular formula is C42H55N9O4S. The molecule has 0 bridgehead atoms. The number of hydrogen-bond acceptors (Lipinski definition) is 11. The Kier molecular flexibility index (Phi) is 16.9. The number of carbonyl (C=O) groups is 2. The van der Waals surface area contributed by atoms with E-state index < -0.39 is 11.9 Å². The first-order valence-corrected chi connectivity index (χ1v) is 19.8. The number of azo groups is 1. The number of thiazole rings is 1. The van der Waals surface area contributed by atoms with Crippen LogP contribution >= 0.6 is 11.3 Å². The van der Waals surface area contributed by atoms with Crippen LogP contribution in [0.15, 0.2) is 58.8 Å². The number of rotatable bonds is 17. The summed E-state index contributed by atoms with van der Waals surface area (Å²) in [6, 6.07) is 20.4. The van der Waals surface area contributed by atoms with Crippen LogP contribution in [-0.2, 0) is 28.1 Å². The Morgan fingerprint density at radius 3 is 1.77 bits per heavy atom. The number of anilines is 1. The van der Waals surface area contributed by atoms with Gasteiger partial charge in [-0.05, 0) is 60.8 Å². The van der Waals surface area contributed by atoms with E-state index in [-0.39, 0.29) is 35.8 Å². The molecule has 2 heterocycles. The molecular weight excluding hydrogens is 727 g/mol. The molecule has 0 saturated carbocycles. The van der Waals surface area contributed by atoms with Crippen molar-refractivity contribution in [2.75, 3.05) is 31.1 Å². The molecule has 0 aliphatic rings. The second kappa shape index (κ2) is 21.0. The molecule has 2 atom stereocenters. The fourth-order valence-corrected chi connectivity index (χ4v) is 7.03. The SMILES string of the molecule is CCC(C)c1ccc(CN(CC(=O)O)CC(=O)O)cc1.CCC(C)c1ccc(Cn2c(N=Nc3sc(N(CC)CC)nc3C(C)(C)C)nc(C#N)c2C#N)cc1. The van der Waals surface area contributed by atoms with Crippen molar-refractivity contribution in [3.8, 4) is 12.1 Å². The first-order valence-electron chi connectivity index (χ1n) is 19.0. The third kappa shape index (κ3) is 12.5. The standard InChI is InChI=1S/C27H34N8S.C15H21NO4/c1-8-18(4)20-13-11-19(12-14-20)17-35-22(16-29)21(15-28)30-25(35)33-32-24-23(27(5,6)7)31-26(36-24)34(9-2)10-3;1-3-11(2)13-6-4-12(5-7-13)8-16(9-14(17)18)10-15(19)20/h11-14,18H,8-10,17H2,1-7H3;4-7,11H,3,8-10H2,1-2H3,(H,17,18)(H,19,20). The van der Waals surface area contributed by atoms with Crippen molar-refractivity contribution in [2.24, 2.45) is 10.2 Å². The maximum Gasteiger partial charge on any atom is 0.317 e. The minimum Gasteiger partial charge on any atom is -0.480 e. The maximum atomic E-state index is 10.7. The average Bonchev–Trinajstić information content (AvgIpc) is 3.75. The lowest BCUT2D eigenvalue weighted by atomic mass is 9.93. The summed E-state index contributed by atoms with van der Waals surface area (Å²) < 4.78 is 1.66. The van der Waals surface area contributed by atoms with Crippen molar-refractivity contribution in [3.05, 3.63) is 87.9 Å². The highest BCUT2D eigenvalue weighted by Gasteiger charge is 2.26. The molecule has 0 fully saturated rings. The Balaban J connectivity index is 0.000000356. The van der Waals surface area contributed by atoms with Gasteiger partial charge in [-0.25, -0.2) is 4.98 Å². The number of benzene rings is 2. The maximum absolute atomic E-state index is 10.7. The summed E-state index contributed by atoms with van der Waals surface area (Å²) in [7, 11) is 0. The van der Waals surface area contributed by atoms with Crippen LogP contribution in [0.5, 0.6) is 0 Å². The van der Waals surface area contributed by atoms with Crippen molar-refractivity contribution in [2.45, 2.75) is 105 Å². The van der Waals surface area contributed by atoms with E-state index in [2.05, 4.69) is 101 Å². The van der Waals surface area contributed by atoms with Gasteiger partial charge in [-0.1, -0.05) is 108 Å². The third-order valence-corrected chi connectivity index (χ3v) is 10.5. The van der Waals surface area contributed by atoms with E-state index in [4.69, 9.17) is 15.2 Å². The summed E-state index contributed by atoms with van der Waals surface area (Å²) in [4.78, 5) is 34.2. The molecule has 0 aliphatic carbocycles. The number of hydrogen-bond donors (Lipinski definition) is 2. The normalized spacial score (nSPS) is 12.4. The molecule has 2 aromatic heterocycles. The Labute approximate surface area is 335 Å². The Bertz CT molecular complexity index is 2000. The van der Waals surface area contributed by atoms with Crippen molar-refractivity contribution < 1.29 is 19.8 Å².